The molecule has 0 bridgehead atoms. The van der Waals surface area contributed by atoms with Crippen LogP contribution in [0, 0.1) is 11.3 Å². The number of nitrogens with zero attached hydrogens (tertiary/aromatic N) is 6. The lowest BCUT2D eigenvalue weighted by atomic mass is 9.73. The number of aliphatic hydroxyl groups is 1. The van der Waals surface area contributed by atoms with E-state index >= 15 is 0 Å². The zero-order chi connectivity index (χ0) is 28.7. The highest BCUT2D eigenvalue weighted by Crippen LogP contribution is 2.50. The summed E-state index contributed by atoms with van der Waals surface area (Å²) in [6.45, 7) is 3.90. The molecule has 222 valence electrons. The second kappa shape index (κ2) is 11.6. The second-order valence-electron chi connectivity index (χ2n) is 11.7. The molecule has 1 aliphatic carbocycles. The van der Waals surface area contributed by atoms with E-state index in [1.54, 1.807) is 13.3 Å². The minimum absolute atomic E-state index is 0.00440. The van der Waals surface area contributed by atoms with Crippen LogP contribution in [0.25, 0.3) is 0 Å². The third-order valence-electron chi connectivity index (χ3n) is 9.26. The van der Waals surface area contributed by atoms with Crippen molar-refractivity contribution in [2.45, 2.75) is 54.3 Å². The van der Waals surface area contributed by atoms with E-state index in [9.17, 15) is 5.11 Å². The van der Waals surface area contributed by atoms with Gasteiger partial charge in [-0.3, -0.25) is 4.98 Å². The largest absolute Gasteiger partial charge is 0.486 e. The number of hydrogen-bond donors (Lipinski definition) is 2. The maximum absolute atomic E-state index is 10.3. The van der Waals surface area contributed by atoms with Gasteiger partial charge in [0.1, 0.15) is 24.1 Å². The van der Waals surface area contributed by atoms with Crippen LogP contribution in [0.4, 0.5) is 11.6 Å². The van der Waals surface area contributed by atoms with E-state index in [1.807, 2.05) is 24.5 Å². The molecular weight excluding hydrogens is 554 g/mol. The predicted octanol–water partition coefficient (Wildman–Crippen LogP) is 2.96. The van der Waals surface area contributed by atoms with Gasteiger partial charge in [-0.15, -0.1) is 0 Å². The Hall–Kier alpha value is -3.03. The third-order valence-corrected chi connectivity index (χ3v) is 10.2. The topological polar surface area (TPSA) is 132 Å². The number of ether oxygens (including phenoxy) is 3. The minimum atomic E-state index is -0.180. The zero-order valence-corrected chi connectivity index (χ0v) is 24.6. The van der Waals surface area contributed by atoms with Crippen LogP contribution in [0.3, 0.4) is 0 Å². The molecular formula is C30H37N7O4S. The van der Waals surface area contributed by atoms with Gasteiger partial charge in [0.25, 0.3) is 0 Å². The summed E-state index contributed by atoms with van der Waals surface area (Å²) in [4.78, 5) is 24.4. The van der Waals surface area contributed by atoms with Crippen LogP contribution in [0.1, 0.15) is 42.3 Å². The Morgan fingerprint density at radius 1 is 1.17 bits per heavy atom. The molecule has 2 saturated heterocycles. The highest BCUT2D eigenvalue weighted by molar-refractivity contribution is 7.99. The average molecular weight is 592 g/mol. The van der Waals surface area contributed by atoms with Gasteiger partial charge in [0.2, 0.25) is 0 Å². The number of hydrogen-bond acceptors (Lipinski definition) is 12. The van der Waals surface area contributed by atoms with Gasteiger partial charge in [-0.25, -0.2) is 15.0 Å². The highest BCUT2D eigenvalue weighted by Gasteiger charge is 2.47. The van der Waals surface area contributed by atoms with Gasteiger partial charge in [-0.2, -0.15) is 0 Å². The van der Waals surface area contributed by atoms with Gasteiger partial charge < -0.3 is 34.9 Å². The first kappa shape index (κ1) is 27.8. The van der Waals surface area contributed by atoms with Crippen LogP contribution >= 0.6 is 11.8 Å². The number of fused-ring (bicyclic) bond motifs is 4. The number of pyridine rings is 2. The number of rotatable bonds is 8. The fourth-order valence-electron chi connectivity index (χ4n) is 7.11. The Labute approximate surface area is 249 Å². The minimum Gasteiger partial charge on any atom is -0.486 e. The number of anilines is 2. The molecule has 0 unspecified atom stereocenters. The van der Waals surface area contributed by atoms with E-state index in [0.29, 0.717) is 36.6 Å². The van der Waals surface area contributed by atoms with Crippen molar-refractivity contribution in [3.05, 3.63) is 53.7 Å². The normalized spacial score (nSPS) is 23.9. The van der Waals surface area contributed by atoms with Crippen molar-refractivity contribution in [1.29, 1.82) is 0 Å². The average Bonchev–Trinajstić information content (AvgIpc) is 3.56. The molecule has 3 atom stereocenters. The van der Waals surface area contributed by atoms with Gasteiger partial charge in [0, 0.05) is 56.8 Å². The number of aromatic nitrogens is 4. The van der Waals surface area contributed by atoms with Gasteiger partial charge in [0.05, 0.1) is 30.3 Å². The Morgan fingerprint density at radius 2 is 2.05 bits per heavy atom. The van der Waals surface area contributed by atoms with Crippen LogP contribution in [0.15, 0.2) is 46.7 Å². The van der Waals surface area contributed by atoms with Crippen molar-refractivity contribution in [1.82, 2.24) is 19.9 Å². The second-order valence-corrected chi connectivity index (χ2v) is 12.8. The predicted molar refractivity (Wildman–Crippen MR) is 158 cm³/mol. The highest BCUT2D eigenvalue weighted by atomic mass is 32.2. The Balaban J connectivity index is 1.04. The summed E-state index contributed by atoms with van der Waals surface area (Å²) in [6, 6.07) is 6.34. The van der Waals surface area contributed by atoms with Crippen LogP contribution in [0.5, 0.6) is 5.75 Å². The van der Waals surface area contributed by atoms with Gasteiger partial charge in [-0.1, -0.05) is 17.8 Å². The lowest BCUT2D eigenvalue weighted by molar-refractivity contribution is -0.0414. The molecule has 0 radical (unpaired) electrons. The van der Waals surface area contributed by atoms with Gasteiger partial charge in [0.15, 0.2) is 17.4 Å². The molecule has 11 nitrogen and oxygen atoms in total. The summed E-state index contributed by atoms with van der Waals surface area (Å²) >= 11 is 1.49. The lowest BCUT2D eigenvalue weighted by Gasteiger charge is -2.42. The van der Waals surface area contributed by atoms with Crippen LogP contribution in [0.2, 0.25) is 0 Å². The van der Waals surface area contributed by atoms with E-state index in [4.69, 9.17) is 29.9 Å². The SMILES string of the molecule is COCOC[C@@H]1C[C@H]2COc3c(Sc4cnc(N5CCC6(CC5)Cc5ncccc5[C@H]6N)c(CO)n4)ccnc3N2C1. The lowest BCUT2D eigenvalue weighted by Crippen LogP contribution is -2.45. The van der Waals surface area contributed by atoms with Crippen molar-refractivity contribution in [2.24, 2.45) is 17.1 Å². The van der Waals surface area contributed by atoms with Crippen molar-refractivity contribution in [2.75, 3.05) is 56.6 Å². The number of piperidine rings is 1. The maximum atomic E-state index is 10.3. The van der Waals surface area contributed by atoms with E-state index in [2.05, 4.69) is 25.8 Å². The first-order valence-electron chi connectivity index (χ1n) is 14.6. The fourth-order valence-corrected chi connectivity index (χ4v) is 7.97. The molecule has 3 aromatic rings. The summed E-state index contributed by atoms with van der Waals surface area (Å²) in [6.07, 6.45) is 9.29. The molecule has 6 heterocycles. The first-order valence-corrected chi connectivity index (χ1v) is 15.4. The van der Waals surface area contributed by atoms with Crippen LogP contribution in [-0.2, 0) is 22.5 Å². The molecule has 3 aromatic heterocycles. The smallest absolute Gasteiger partial charge is 0.175 e. The Morgan fingerprint density at radius 3 is 2.86 bits per heavy atom. The van der Waals surface area contributed by atoms with Crippen LogP contribution in [-0.4, -0.2) is 77.8 Å². The molecule has 42 heavy (non-hydrogen) atoms. The summed E-state index contributed by atoms with van der Waals surface area (Å²) < 4.78 is 16.9. The van der Waals surface area contributed by atoms with Crippen molar-refractivity contribution in [3.8, 4) is 5.75 Å². The van der Waals surface area contributed by atoms with Crippen molar-refractivity contribution < 1.29 is 19.3 Å². The van der Waals surface area contributed by atoms with Gasteiger partial charge in [-0.05, 0) is 48.8 Å². The summed E-state index contributed by atoms with van der Waals surface area (Å²) in [5.41, 5.74) is 9.67. The molecule has 3 aliphatic heterocycles. The molecule has 0 aromatic carbocycles. The standard InChI is InChI=1S/C30H37N7O4S/c1-39-18-40-16-19-11-20-17-41-26-24(4-8-33-29(26)37(20)14-19)42-25-13-34-28(23(15-38)35-25)36-9-5-30(6-10-36)12-22-21(27(30)31)3-2-7-32-22/h2-4,7-8,13,19-20,27,38H,5-6,9-12,14-18,31H2,1H3/t19-,20+,27-/m1/s1. The van der Waals surface area contributed by atoms with Crippen LogP contribution < -0.4 is 20.3 Å². The van der Waals surface area contributed by atoms with E-state index < -0.39 is 0 Å². The monoisotopic (exact) mass is 591 g/mol. The molecule has 0 amide bonds. The number of nitrogens with two attached hydrogens (primary N) is 1. The number of aliphatic hydroxyl groups excluding tert-OH is 1. The molecule has 3 N–H and O–H groups in total. The molecule has 4 aliphatic rings. The fraction of sp³-hybridized carbons (Fsp3) is 0.533. The summed E-state index contributed by atoms with van der Waals surface area (Å²) in [5, 5.41) is 11.0. The molecule has 12 heteroatoms. The Kier molecular flexibility index (Phi) is 7.65. The first-order chi connectivity index (χ1) is 20.6. The zero-order valence-electron chi connectivity index (χ0n) is 23.8. The third kappa shape index (κ3) is 4.98. The molecule has 2 fully saturated rings. The molecule has 0 saturated carbocycles. The van der Waals surface area contributed by atoms with Crippen molar-refractivity contribution >= 4 is 23.4 Å². The van der Waals surface area contributed by atoms with Gasteiger partial charge >= 0.3 is 0 Å². The Bertz CT molecular complexity index is 1440. The van der Waals surface area contributed by atoms with E-state index in [-0.39, 0.29) is 24.1 Å². The molecule has 1 spiro atoms. The number of methoxy groups -OCH3 is 1. The summed E-state index contributed by atoms with van der Waals surface area (Å²) in [5.74, 6) is 2.79. The summed E-state index contributed by atoms with van der Waals surface area (Å²) in [7, 11) is 1.64. The van der Waals surface area contributed by atoms with E-state index in [1.165, 1.54) is 17.3 Å². The van der Waals surface area contributed by atoms with E-state index in [0.717, 1.165) is 73.3 Å². The molecule has 7 rings (SSSR count). The quantitative estimate of drug-likeness (QED) is 0.295. The maximum Gasteiger partial charge on any atom is 0.175 e. The van der Waals surface area contributed by atoms with Crippen molar-refractivity contribution in [3.63, 3.8) is 0 Å².